The second kappa shape index (κ2) is 5.27. The summed E-state index contributed by atoms with van der Waals surface area (Å²) >= 11 is 1.89. The average Bonchev–Trinajstić information content (AvgIpc) is 2.96. The van der Waals surface area contributed by atoms with E-state index in [9.17, 15) is 9.59 Å². The smallest absolute Gasteiger partial charge is 0.338 e. The van der Waals surface area contributed by atoms with Gasteiger partial charge in [0.15, 0.2) is 5.76 Å². The zero-order valence-corrected chi connectivity index (χ0v) is 9.96. The minimum atomic E-state index is -1.10. The van der Waals surface area contributed by atoms with Crippen molar-refractivity contribution in [1.82, 2.24) is 5.32 Å². The molecule has 5 nitrogen and oxygen atoms in total. The molecule has 92 valence electrons. The molecule has 0 spiro atoms. The number of carbonyl (C=O) groups excluding carboxylic acids is 1. The number of aromatic carboxylic acids is 1. The maximum Gasteiger partial charge on any atom is 0.338 e. The van der Waals surface area contributed by atoms with Crippen molar-refractivity contribution in [2.24, 2.45) is 5.92 Å². The van der Waals surface area contributed by atoms with Crippen LogP contribution < -0.4 is 5.32 Å². The Morgan fingerprint density at radius 2 is 2.41 bits per heavy atom. The van der Waals surface area contributed by atoms with Gasteiger partial charge in [-0.1, -0.05) is 0 Å². The molecule has 1 unspecified atom stereocenters. The van der Waals surface area contributed by atoms with Crippen molar-refractivity contribution in [3.05, 3.63) is 23.7 Å². The van der Waals surface area contributed by atoms with Crippen molar-refractivity contribution in [1.29, 1.82) is 0 Å². The van der Waals surface area contributed by atoms with Gasteiger partial charge in [0.1, 0.15) is 6.26 Å². The molecule has 0 saturated carbocycles. The Labute approximate surface area is 103 Å². The summed E-state index contributed by atoms with van der Waals surface area (Å²) in [5, 5.41) is 11.4. The Balaban J connectivity index is 1.87. The summed E-state index contributed by atoms with van der Waals surface area (Å²) < 4.78 is 4.90. The van der Waals surface area contributed by atoms with Crippen molar-refractivity contribution < 1.29 is 19.1 Å². The van der Waals surface area contributed by atoms with Crippen molar-refractivity contribution in [2.75, 3.05) is 18.1 Å². The summed E-state index contributed by atoms with van der Waals surface area (Å²) in [6.07, 6.45) is 2.19. The fourth-order valence-corrected chi connectivity index (χ4v) is 2.92. The Bertz CT molecular complexity index is 423. The molecule has 2 rings (SSSR count). The van der Waals surface area contributed by atoms with E-state index in [1.165, 1.54) is 6.07 Å². The number of hydrogen-bond acceptors (Lipinski definition) is 4. The largest absolute Gasteiger partial charge is 0.478 e. The molecule has 1 amide bonds. The number of amides is 1. The minimum absolute atomic E-state index is 0.00780. The van der Waals surface area contributed by atoms with Gasteiger partial charge in [-0.15, -0.1) is 0 Å². The fraction of sp³-hybridized carbons (Fsp3) is 0.455. The Morgan fingerprint density at radius 3 is 3.00 bits per heavy atom. The minimum Gasteiger partial charge on any atom is -0.478 e. The molecule has 0 bridgehead atoms. The molecule has 1 aromatic heterocycles. The number of thioether (sulfide) groups is 1. The van der Waals surface area contributed by atoms with Crippen LogP contribution in [0.15, 0.2) is 16.7 Å². The van der Waals surface area contributed by atoms with Crippen molar-refractivity contribution in [2.45, 2.75) is 6.42 Å². The van der Waals surface area contributed by atoms with Crippen LogP contribution in [0, 0.1) is 5.92 Å². The van der Waals surface area contributed by atoms with E-state index in [0.717, 1.165) is 24.2 Å². The maximum atomic E-state index is 11.6. The Morgan fingerprint density at radius 1 is 1.59 bits per heavy atom. The SMILES string of the molecule is O=C(O)c1coc(C(=O)NCC2CCSC2)c1. The van der Waals surface area contributed by atoms with E-state index < -0.39 is 5.97 Å². The molecule has 1 aliphatic rings. The van der Waals surface area contributed by atoms with Gasteiger partial charge in [0.05, 0.1) is 5.56 Å². The predicted molar refractivity (Wildman–Crippen MR) is 63.4 cm³/mol. The lowest BCUT2D eigenvalue weighted by molar-refractivity contribution is 0.0696. The highest BCUT2D eigenvalue weighted by Gasteiger charge is 2.18. The summed E-state index contributed by atoms with van der Waals surface area (Å²) in [4.78, 5) is 22.2. The Kier molecular flexibility index (Phi) is 3.73. The standard InChI is InChI=1S/C11H13NO4S/c13-10(12-4-7-1-2-17-6-7)9-3-8(5-16-9)11(14)15/h3,5,7H,1-2,4,6H2,(H,12,13)(H,14,15). The van der Waals surface area contributed by atoms with Gasteiger partial charge in [0.25, 0.3) is 5.91 Å². The van der Waals surface area contributed by atoms with Gasteiger partial charge in [0.2, 0.25) is 0 Å². The highest BCUT2D eigenvalue weighted by Crippen LogP contribution is 2.22. The van der Waals surface area contributed by atoms with Crippen LogP contribution >= 0.6 is 11.8 Å². The topological polar surface area (TPSA) is 79.5 Å². The summed E-state index contributed by atoms with van der Waals surface area (Å²) in [6, 6.07) is 1.24. The van der Waals surface area contributed by atoms with Crippen molar-refractivity contribution in [3.63, 3.8) is 0 Å². The highest BCUT2D eigenvalue weighted by molar-refractivity contribution is 7.99. The Hall–Kier alpha value is -1.43. The van der Waals surface area contributed by atoms with Crippen LogP contribution in [0.4, 0.5) is 0 Å². The van der Waals surface area contributed by atoms with Gasteiger partial charge >= 0.3 is 5.97 Å². The molecule has 0 aliphatic carbocycles. The summed E-state index contributed by atoms with van der Waals surface area (Å²) in [7, 11) is 0. The molecule has 1 saturated heterocycles. The molecule has 0 aromatic carbocycles. The van der Waals surface area contributed by atoms with Crippen LogP contribution in [-0.2, 0) is 0 Å². The number of nitrogens with one attached hydrogen (secondary N) is 1. The zero-order chi connectivity index (χ0) is 12.3. The van der Waals surface area contributed by atoms with E-state index >= 15 is 0 Å². The first-order valence-electron chi connectivity index (χ1n) is 5.34. The van der Waals surface area contributed by atoms with E-state index in [0.29, 0.717) is 12.5 Å². The maximum absolute atomic E-state index is 11.6. The van der Waals surface area contributed by atoms with Crippen LogP contribution in [-0.4, -0.2) is 35.0 Å². The fourth-order valence-electron chi connectivity index (χ4n) is 1.64. The molecule has 6 heteroatoms. The number of carboxylic acid groups (broad SMARTS) is 1. The monoisotopic (exact) mass is 255 g/mol. The summed E-state index contributed by atoms with van der Waals surface area (Å²) in [6.45, 7) is 0.620. The lowest BCUT2D eigenvalue weighted by atomic mass is 10.1. The zero-order valence-electron chi connectivity index (χ0n) is 9.14. The van der Waals surface area contributed by atoms with Crippen LogP contribution in [0.5, 0.6) is 0 Å². The predicted octanol–water partition coefficient (Wildman–Crippen LogP) is 1.46. The lowest BCUT2D eigenvalue weighted by Gasteiger charge is -2.08. The number of carbonyl (C=O) groups is 2. The van der Waals surface area contributed by atoms with E-state index in [2.05, 4.69) is 5.32 Å². The normalized spacial score (nSPS) is 19.2. The molecule has 1 aliphatic heterocycles. The van der Waals surface area contributed by atoms with Crippen LogP contribution in [0.3, 0.4) is 0 Å². The molecular weight excluding hydrogens is 242 g/mol. The first kappa shape index (κ1) is 12.0. The van der Waals surface area contributed by atoms with Gasteiger partial charge in [-0.3, -0.25) is 4.79 Å². The third-order valence-electron chi connectivity index (χ3n) is 2.65. The molecule has 1 fully saturated rings. The third-order valence-corrected chi connectivity index (χ3v) is 3.88. The molecule has 2 N–H and O–H groups in total. The van der Waals surface area contributed by atoms with Gasteiger partial charge in [-0.05, 0) is 23.8 Å². The quantitative estimate of drug-likeness (QED) is 0.851. The summed E-state index contributed by atoms with van der Waals surface area (Å²) in [5.74, 6) is 1.32. The molecule has 1 aromatic rings. The summed E-state index contributed by atoms with van der Waals surface area (Å²) in [5.41, 5.74) is -0.00780. The number of furan rings is 1. The first-order chi connectivity index (χ1) is 8.16. The van der Waals surface area contributed by atoms with Crippen molar-refractivity contribution >= 4 is 23.6 Å². The molecule has 17 heavy (non-hydrogen) atoms. The second-order valence-corrected chi connectivity index (χ2v) is 5.09. The second-order valence-electron chi connectivity index (χ2n) is 3.94. The molecule has 1 atom stereocenters. The van der Waals surface area contributed by atoms with E-state index in [4.69, 9.17) is 9.52 Å². The van der Waals surface area contributed by atoms with Gasteiger partial charge in [-0.25, -0.2) is 4.79 Å². The van der Waals surface area contributed by atoms with Crippen LogP contribution in [0.2, 0.25) is 0 Å². The van der Waals surface area contributed by atoms with E-state index in [1.54, 1.807) is 0 Å². The van der Waals surface area contributed by atoms with E-state index in [1.807, 2.05) is 11.8 Å². The average molecular weight is 255 g/mol. The van der Waals surface area contributed by atoms with Gasteiger partial charge in [-0.2, -0.15) is 11.8 Å². The van der Waals surface area contributed by atoms with E-state index in [-0.39, 0.29) is 17.2 Å². The number of rotatable bonds is 4. The molecule has 0 radical (unpaired) electrons. The first-order valence-corrected chi connectivity index (χ1v) is 6.50. The number of carboxylic acids is 1. The lowest BCUT2D eigenvalue weighted by Crippen LogP contribution is -2.28. The molecule has 2 heterocycles. The highest BCUT2D eigenvalue weighted by atomic mass is 32.2. The van der Waals surface area contributed by atoms with Crippen LogP contribution in [0.1, 0.15) is 27.3 Å². The van der Waals surface area contributed by atoms with Gasteiger partial charge < -0.3 is 14.8 Å². The third kappa shape index (κ3) is 3.03. The van der Waals surface area contributed by atoms with Crippen LogP contribution in [0.25, 0.3) is 0 Å². The van der Waals surface area contributed by atoms with Gasteiger partial charge in [0, 0.05) is 12.6 Å². The van der Waals surface area contributed by atoms with Crippen molar-refractivity contribution in [3.8, 4) is 0 Å². The number of hydrogen-bond donors (Lipinski definition) is 2. The molecular formula is C11H13NO4S.